The lowest BCUT2D eigenvalue weighted by molar-refractivity contribution is -0.151. The fraction of sp³-hybridized carbons (Fsp3) is 0.533. The number of rotatable bonds is 4. The molecule has 1 aliphatic rings. The highest BCUT2D eigenvalue weighted by Crippen LogP contribution is 2.24. The molecular weight excluding hydrogens is 297 g/mol. The average molecular weight is 316 g/mol. The molecular formula is C15H19F3N2O2. The fourth-order valence-electron chi connectivity index (χ4n) is 2.48. The molecule has 22 heavy (non-hydrogen) atoms. The van der Waals surface area contributed by atoms with Crippen LogP contribution in [0.3, 0.4) is 0 Å². The Morgan fingerprint density at radius 2 is 2.09 bits per heavy atom. The highest BCUT2D eigenvalue weighted by molar-refractivity contribution is 5.84. The van der Waals surface area contributed by atoms with Gasteiger partial charge in [0.15, 0.2) is 0 Å². The van der Waals surface area contributed by atoms with Crippen molar-refractivity contribution in [3.8, 4) is 0 Å². The Kier molecular flexibility index (Phi) is 5.28. The Balaban J connectivity index is 1.83. The number of anilines is 1. The normalized spacial score (nSPS) is 19.7. The summed E-state index contributed by atoms with van der Waals surface area (Å²) >= 11 is 0. The largest absolute Gasteiger partial charge is 0.446 e. The Bertz CT molecular complexity index is 497. The lowest BCUT2D eigenvalue weighted by Gasteiger charge is -2.16. The third-order valence-electron chi connectivity index (χ3n) is 3.52. The zero-order valence-corrected chi connectivity index (χ0v) is 12.2. The van der Waals surface area contributed by atoms with Gasteiger partial charge in [0.05, 0.1) is 6.42 Å². The number of hydrogen-bond donors (Lipinski definition) is 2. The second kappa shape index (κ2) is 7.00. The van der Waals surface area contributed by atoms with Crippen LogP contribution in [0.2, 0.25) is 0 Å². The van der Waals surface area contributed by atoms with Crippen LogP contribution in [0.4, 0.5) is 23.7 Å². The van der Waals surface area contributed by atoms with Gasteiger partial charge in [0.2, 0.25) is 0 Å². The monoisotopic (exact) mass is 316 g/mol. The van der Waals surface area contributed by atoms with Crippen LogP contribution in [0.25, 0.3) is 0 Å². The number of alkyl halides is 3. The molecule has 1 amide bonds. The van der Waals surface area contributed by atoms with Crippen molar-refractivity contribution in [3.63, 3.8) is 0 Å². The smallest absolute Gasteiger partial charge is 0.411 e. The summed E-state index contributed by atoms with van der Waals surface area (Å²) in [5.41, 5.74) is 1.67. The number of hydrogen-bond acceptors (Lipinski definition) is 3. The van der Waals surface area contributed by atoms with E-state index in [1.165, 1.54) is 12.5 Å². The highest BCUT2D eigenvalue weighted by atomic mass is 19.4. The van der Waals surface area contributed by atoms with E-state index in [-0.39, 0.29) is 0 Å². The second-order valence-electron chi connectivity index (χ2n) is 5.47. The van der Waals surface area contributed by atoms with Crippen molar-refractivity contribution >= 4 is 11.8 Å². The van der Waals surface area contributed by atoms with Gasteiger partial charge < -0.3 is 10.1 Å². The third-order valence-corrected chi connectivity index (χ3v) is 3.52. The second-order valence-corrected chi connectivity index (χ2v) is 5.47. The summed E-state index contributed by atoms with van der Waals surface area (Å²) in [6, 6.07) is 7.27. The standard InChI is InChI=1S/C15H19F3N2O2/c1-10(8-15(16,17)18)22-14(21)20-13-4-2-11(3-5-13)12-6-7-19-9-12/h2-5,10,12,19H,6-9H2,1H3,(H,20,21). The van der Waals surface area contributed by atoms with Crippen molar-refractivity contribution in [2.45, 2.75) is 38.0 Å². The van der Waals surface area contributed by atoms with Gasteiger partial charge in [0.25, 0.3) is 0 Å². The van der Waals surface area contributed by atoms with E-state index in [9.17, 15) is 18.0 Å². The van der Waals surface area contributed by atoms with Crippen LogP contribution in [0.15, 0.2) is 24.3 Å². The molecule has 0 saturated carbocycles. The van der Waals surface area contributed by atoms with Crippen molar-refractivity contribution in [3.05, 3.63) is 29.8 Å². The SMILES string of the molecule is CC(CC(F)(F)F)OC(=O)Nc1ccc(C2CCNC2)cc1. The van der Waals surface area contributed by atoms with E-state index in [0.717, 1.165) is 19.5 Å². The van der Waals surface area contributed by atoms with E-state index in [1.54, 1.807) is 12.1 Å². The van der Waals surface area contributed by atoms with Crippen LogP contribution < -0.4 is 10.6 Å². The quantitative estimate of drug-likeness (QED) is 0.891. The van der Waals surface area contributed by atoms with Crippen LogP contribution in [0.5, 0.6) is 0 Å². The summed E-state index contributed by atoms with van der Waals surface area (Å²) in [4.78, 5) is 11.5. The number of ether oxygens (including phenoxy) is 1. The minimum absolute atomic E-state index is 0.466. The number of nitrogens with one attached hydrogen (secondary N) is 2. The molecule has 2 rings (SSSR count). The lowest BCUT2D eigenvalue weighted by atomic mass is 9.98. The summed E-state index contributed by atoms with van der Waals surface area (Å²) in [6.07, 6.45) is -6.54. The maximum absolute atomic E-state index is 12.2. The molecule has 1 aromatic carbocycles. The maximum atomic E-state index is 12.2. The van der Waals surface area contributed by atoms with Gasteiger partial charge in [-0.3, -0.25) is 5.32 Å². The molecule has 0 radical (unpaired) electrons. The van der Waals surface area contributed by atoms with Crippen molar-refractivity contribution in [1.82, 2.24) is 5.32 Å². The van der Waals surface area contributed by atoms with Gasteiger partial charge in [-0.2, -0.15) is 13.2 Å². The molecule has 2 N–H and O–H groups in total. The van der Waals surface area contributed by atoms with Crippen LogP contribution in [-0.4, -0.2) is 31.5 Å². The van der Waals surface area contributed by atoms with E-state index in [2.05, 4.69) is 15.4 Å². The minimum atomic E-state index is -4.35. The summed E-state index contributed by atoms with van der Waals surface area (Å²) in [5, 5.41) is 5.71. The molecule has 1 heterocycles. The summed E-state index contributed by atoms with van der Waals surface area (Å²) in [7, 11) is 0. The third kappa shape index (κ3) is 5.22. The average Bonchev–Trinajstić information content (AvgIpc) is 2.90. The first-order valence-corrected chi connectivity index (χ1v) is 7.18. The number of halogens is 3. The Morgan fingerprint density at radius 1 is 1.41 bits per heavy atom. The Labute approximate surface area is 127 Å². The molecule has 1 fully saturated rings. The Hall–Kier alpha value is -1.76. The van der Waals surface area contributed by atoms with Gasteiger partial charge >= 0.3 is 12.3 Å². The summed E-state index contributed by atoms with van der Waals surface area (Å²) in [6.45, 7) is 3.14. The molecule has 122 valence electrons. The molecule has 4 nitrogen and oxygen atoms in total. The van der Waals surface area contributed by atoms with E-state index in [0.29, 0.717) is 11.6 Å². The molecule has 1 aromatic rings. The molecule has 1 aliphatic heterocycles. The van der Waals surface area contributed by atoms with Crippen LogP contribution in [0.1, 0.15) is 31.2 Å². The highest BCUT2D eigenvalue weighted by Gasteiger charge is 2.31. The zero-order chi connectivity index (χ0) is 16.2. The molecule has 2 atom stereocenters. The molecule has 0 aromatic heterocycles. The van der Waals surface area contributed by atoms with E-state index >= 15 is 0 Å². The van der Waals surface area contributed by atoms with Crippen LogP contribution >= 0.6 is 0 Å². The van der Waals surface area contributed by atoms with Gasteiger partial charge in [0, 0.05) is 12.2 Å². The number of carbonyl (C=O) groups excluding carboxylic acids is 1. The van der Waals surface area contributed by atoms with Gasteiger partial charge in [-0.15, -0.1) is 0 Å². The summed E-state index contributed by atoms with van der Waals surface area (Å²) < 4.78 is 41.2. The molecule has 2 unspecified atom stereocenters. The molecule has 7 heteroatoms. The fourth-order valence-corrected chi connectivity index (χ4v) is 2.48. The van der Waals surface area contributed by atoms with Crippen molar-refractivity contribution in [1.29, 1.82) is 0 Å². The number of amides is 1. The first-order chi connectivity index (χ1) is 10.3. The predicted molar refractivity (Wildman–Crippen MR) is 76.9 cm³/mol. The van der Waals surface area contributed by atoms with Crippen molar-refractivity contribution in [2.24, 2.45) is 0 Å². The topological polar surface area (TPSA) is 50.4 Å². The van der Waals surface area contributed by atoms with Crippen molar-refractivity contribution in [2.75, 3.05) is 18.4 Å². The zero-order valence-electron chi connectivity index (χ0n) is 12.2. The van der Waals surface area contributed by atoms with Gasteiger partial charge in [-0.25, -0.2) is 4.79 Å². The van der Waals surface area contributed by atoms with E-state index < -0.39 is 24.8 Å². The molecule has 0 aliphatic carbocycles. The summed E-state index contributed by atoms with van der Waals surface area (Å²) in [5.74, 6) is 0.466. The van der Waals surface area contributed by atoms with Gasteiger partial charge in [-0.1, -0.05) is 12.1 Å². The van der Waals surface area contributed by atoms with Crippen LogP contribution in [0, 0.1) is 0 Å². The number of carbonyl (C=O) groups is 1. The molecule has 0 spiro atoms. The Morgan fingerprint density at radius 3 is 2.64 bits per heavy atom. The molecule has 0 bridgehead atoms. The first-order valence-electron chi connectivity index (χ1n) is 7.18. The maximum Gasteiger partial charge on any atom is 0.411 e. The molecule has 1 saturated heterocycles. The van der Waals surface area contributed by atoms with Crippen molar-refractivity contribution < 1.29 is 22.7 Å². The van der Waals surface area contributed by atoms with Gasteiger partial charge in [-0.05, 0) is 43.5 Å². The van der Waals surface area contributed by atoms with E-state index in [1.807, 2.05) is 12.1 Å². The van der Waals surface area contributed by atoms with Gasteiger partial charge in [0.1, 0.15) is 6.10 Å². The van der Waals surface area contributed by atoms with E-state index in [4.69, 9.17) is 0 Å². The number of benzene rings is 1. The van der Waals surface area contributed by atoms with Crippen LogP contribution in [-0.2, 0) is 4.74 Å². The lowest BCUT2D eigenvalue weighted by Crippen LogP contribution is -2.25. The predicted octanol–water partition coefficient (Wildman–Crippen LogP) is 3.65. The minimum Gasteiger partial charge on any atom is -0.446 e. The first kappa shape index (κ1) is 16.6.